The van der Waals surface area contributed by atoms with E-state index in [9.17, 15) is 9.59 Å². The zero-order valence-corrected chi connectivity index (χ0v) is 20.9. The van der Waals surface area contributed by atoms with E-state index < -0.39 is 0 Å². The highest BCUT2D eigenvalue weighted by molar-refractivity contribution is 6.05. The van der Waals surface area contributed by atoms with Crippen LogP contribution in [0, 0.1) is 11.8 Å². The fourth-order valence-electron chi connectivity index (χ4n) is 4.87. The van der Waals surface area contributed by atoms with E-state index in [0.717, 1.165) is 35.6 Å². The molecule has 2 aromatic rings. The molecular formula is C28H27N6O3+. The van der Waals surface area contributed by atoms with Gasteiger partial charge >= 0.3 is 0 Å². The summed E-state index contributed by atoms with van der Waals surface area (Å²) in [5, 5.41) is 2.80. The minimum Gasteiger partial charge on any atom is -0.497 e. The van der Waals surface area contributed by atoms with E-state index in [1.54, 1.807) is 50.7 Å². The Morgan fingerprint density at radius 1 is 1.22 bits per heavy atom. The van der Waals surface area contributed by atoms with Crippen molar-refractivity contribution < 1.29 is 18.8 Å². The number of allylic oxidation sites excluding steroid dienone is 1. The number of nitrogens with one attached hydrogen (secondary N) is 1. The van der Waals surface area contributed by atoms with E-state index in [4.69, 9.17) is 9.73 Å². The molecule has 0 aliphatic carbocycles. The Balaban J connectivity index is 1.43. The molecule has 1 saturated heterocycles. The van der Waals surface area contributed by atoms with Crippen LogP contribution in [-0.4, -0.2) is 65.0 Å². The van der Waals surface area contributed by atoms with Crippen molar-refractivity contribution in [1.29, 1.82) is 0 Å². The zero-order valence-electron chi connectivity index (χ0n) is 20.9. The summed E-state index contributed by atoms with van der Waals surface area (Å²) in [6.07, 6.45) is 8.84. The van der Waals surface area contributed by atoms with Gasteiger partial charge in [0, 0.05) is 24.4 Å². The summed E-state index contributed by atoms with van der Waals surface area (Å²) in [6.45, 7) is 2.32. The number of carbonyl (C=O) groups is 2. The van der Waals surface area contributed by atoms with Crippen LogP contribution in [0.4, 0.5) is 5.82 Å². The number of quaternary nitrogens is 1. The number of benzene rings is 1. The van der Waals surface area contributed by atoms with Gasteiger partial charge in [-0.2, -0.15) is 4.99 Å². The fourth-order valence-corrected chi connectivity index (χ4v) is 4.87. The number of aromatic nitrogens is 1. The summed E-state index contributed by atoms with van der Waals surface area (Å²) in [4.78, 5) is 40.9. The molecule has 2 unspecified atom stereocenters. The van der Waals surface area contributed by atoms with Crippen molar-refractivity contribution in [3.05, 3.63) is 77.5 Å². The molecule has 3 aliphatic rings. The first-order chi connectivity index (χ1) is 17.9. The number of hydrogen-bond donors (Lipinski definition) is 1. The maximum Gasteiger partial charge on any atom is 0.299 e. The SMILES string of the molecule is CC#CC(=O)N1CCCC1C1=C2C=NC=C[N+]2(C)C(c2ccc(C(=O)Nc3cc(OC)ccn3)cc2)=N1. The van der Waals surface area contributed by atoms with E-state index in [1.807, 2.05) is 36.5 Å². The lowest BCUT2D eigenvalue weighted by Crippen LogP contribution is -2.43. The molecule has 1 aromatic heterocycles. The number of nitrogens with zero attached hydrogens (tertiary/aromatic N) is 5. The summed E-state index contributed by atoms with van der Waals surface area (Å²) in [6, 6.07) is 10.5. The molecule has 9 nitrogen and oxygen atoms in total. The standard InChI is InChI=1S/C28H26N6O3/c1-4-6-25(35)33-15-5-7-22(33)26-23-18-29-14-16-34(23,2)27(32-26)19-8-10-20(11-9-19)28(36)31-24-17-21(37-3)12-13-30-24/h8-14,16-18,22H,5,7,15H2,1-3H3/p+1. The Kier molecular flexibility index (Phi) is 6.42. The molecule has 186 valence electrons. The summed E-state index contributed by atoms with van der Waals surface area (Å²) >= 11 is 0. The van der Waals surface area contributed by atoms with E-state index in [0.29, 0.717) is 28.2 Å². The summed E-state index contributed by atoms with van der Waals surface area (Å²) < 4.78 is 5.52. The number of amides is 2. The lowest BCUT2D eigenvalue weighted by Gasteiger charge is -2.29. The number of ether oxygens (including phenoxy) is 1. The van der Waals surface area contributed by atoms with Gasteiger partial charge in [-0.3, -0.25) is 14.6 Å². The zero-order chi connectivity index (χ0) is 26.0. The van der Waals surface area contributed by atoms with Crippen molar-refractivity contribution in [3.63, 3.8) is 0 Å². The van der Waals surface area contributed by atoms with Crippen LogP contribution in [0.25, 0.3) is 0 Å². The highest BCUT2D eigenvalue weighted by Crippen LogP contribution is 2.38. The topological polar surface area (TPSA) is 96.2 Å². The van der Waals surface area contributed by atoms with Gasteiger partial charge in [0.25, 0.3) is 11.8 Å². The van der Waals surface area contributed by atoms with Gasteiger partial charge in [-0.05, 0) is 56.0 Å². The normalized spacial score (nSPS) is 21.8. The van der Waals surface area contributed by atoms with Gasteiger partial charge in [0.1, 0.15) is 23.5 Å². The number of methoxy groups -OCH3 is 1. The summed E-state index contributed by atoms with van der Waals surface area (Å²) in [5.41, 5.74) is 3.12. The Morgan fingerprint density at radius 3 is 2.78 bits per heavy atom. The molecule has 37 heavy (non-hydrogen) atoms. The molecule has 2 atom stereocenters. The summed E-state index contributed by atoms with van der Waals surface area (Å²) in [5.74, 6) is 6.74. The molecule has 0 spiro atoms. The lowest BCUT2D eigenvalue weighted by atomic mass is 10.1. The molecule has 1 N–H and O–H groups in total. The second kappa shape index (κ2) is 9.84. The van der Waals surface area contributed by atoms with Crippen molar-refractivity contribution in [2.24, 2.45) is 9.98 Å². The Labute approximate surface area is 215 Å². The molecule has 5 rings (SSSR count). The highest BCUT2D eigenvalue weighted by atomic mass is 16.5. The van der Waals surface area contributed by atoms with Gasteiger partial charge < -0.3 is 15.0 Å². The quantitative estimate of drug-likeness (QED) is 0.508. The second-order valence-corrected chi connectivity index (χ2v) is 9.00. The number of rotatable bonds is 5. The lowest BCUT2D eigenvalue weighted by molar-refractivity contribution is -0.713. The molecule has 0 radical (unpaired) electrons. The fraction of sp³-hybridized carbons (Fsp3) is 0.250. The van der Waals surface area contributed by atoms with Crippen LogP contribution >= 0.6 is 0 Å². The molecule has 4 heterocycles. The van der Waals surface area contributed by atoms with Crippen molar-refractivity contribution >= 4 is 29.7 Å². The van der Waals surface area contributed by atoms with Crippen LogP contribution in [0.5, 0.6) is 5.75 Å². The van der Waals surface area contributed by atoms with Crippen molar-refractivity contribution in [2.45, 2.75) is 25.8 Å². The van der Waals surface area contributed by atoms with Gasteiger partial charge in [-0.25, -0.2) is 9.47 Å². The van der Waals surface area contributed by atoms with E-state index in [-0.39, 0.29) is 17.9 Å². The number of fused-ring (bicyclic) bond motifs is 1. The van der Waals surface area contributed by atoms with Crippen LogP contribution in [0.3, 0.4) is 0 Å². The third-order valence-electron chi connectivity index (χ3n) is 6.75. The first-order valence-corrected chi connectivity index (χ1v) is 12.0. The van der Waals surface area contributed by atoms with Crippen molar-refractivity contribution in [2.75, 3.05) is 26.0 Å². The monoisotopic (exact) mass is 495 g/mol. The number of hydrogen-bond acceptors (Lipinski definition) is 6. The van der Waals surface area contributed by atoms with Crippen LogP contribution in [0.2, 0.25) is 0 Å². The molecule has 1 aromatic carbocycles. The third-order valence-corrected chi connectivity index (χ3v) is 6.75. The number of aliphatic imine (C=N–C) groups is 2. The average Bonchev–Trinajstić information content (AvgIpc) is 3.51. The van der Waals surface area contributed by atoms with Crippen LogP contribution in [0.15, 0.2) is 76.4 Å². The summed E-state index contributed by atoms with van der Waals surface area (Å²) in [7, 11) is 3.61. The Morgan fingerprint density at radius 2 is 2.03 bits per heavy atom. The van der Waals surface area contributed by atoms with Gasteiger partial charge in [0.05, 0.1) is 38.2 Å². The number of pyridine rings is 1. The highest BCUT2D eigenvalue weighted by Gasteiger charge is 2.46. The predicted molar refractivity (Wildman–Crippen MR) is 141 cm³/mol. The Bertz CT molecular complexity index is 1440. The number of anilines is 1. The second-order valence-electron chi connectivity index (χ2n) is 9.00. The van der Waals surface area contributed by atoms with E-state index in [1.165, 1.54) is 0 Å². The minimum absolute atomic E-state index is 0.156. The molecule has 0 bridgehead atoms. The largest absolute Gasteiger partial charge is 0.497 e. The minimum atomic E-state index is -0.275. The smallest absolute Gasteiger partial charge is 0.299 e. The number of carbonyl (C=O) groups excluding carboxylic acids is 2. The van der Waals surface area contributed by atoms with E-state index in [2.05, 4.69) is 27.1 Å². The average molecular weight is 496 g/mol. The van der Waals surface area contributed by atoms with Gasteiger partial charge in [-0.15, -0.1) is 0 Å². The molecule has 2 amide bonds. The van der Waals surface area contributed by atoms with Gasteiger partial charge in [0.15, 0.2) is 5.70 Å². The van der Waals surface area contributed by atoms with Crippen LogP contribution in [0.1, 0.15) is 35.7 Å². The molecule has 0 saturated carbocycles. The first kappa shape index (κ1) is 24.2. The van der Waals surface area contributed by atoms with Crippen LogP contribution < -0.4 is 10.1 Å². The van der Waals surface area contributed by atoms with Crippen molar-refractivity contribution in [3.8, 4) is 17.6 Å². The molecular weight excluding hydrogens is 468 g/mol. The maximum absolute atomic E-state index is 12.8. The molecule has 3 aliphatic heterocycles. The van der Waals surface area contributed by atoms with Gasteiger partial charge in [-0.1, -0.05) is 5.92 Å². The van der Waals surface area contributed by atoms with Crippen molar-refractivity contribution in [1.82, 2.24) is 9.88 Å². The van der Waals surface area contributed by atoms with Crippen LogP contribution in [-0.2, 0) is 4.79 Å². The van der Waals surface area contributed by atoms with Gasteiger partial charge in [0.2, 0.25) is 5.84 Å². The number of likely N-dealkylation sites (tertiary alicyclic amines) is 1. The van der Waals surface area contributed by atoms with E-state index >= 15 is 0 Å². The molecule has 9 heteroatoms. The number of amidine groups is 1. The first-order valence-electron chi connectivity index (χ1n) is 12.0. The Hall–Kier alpha value is -4.55. The third kappa shape index (κ3) is 4.43. The molecule has 1 fully saturated rings. The maximum atomic E-state index is 12.8. The predicted octanol–water partition coefficient (Wildman–Crippen LogP) is 3.33.